The summed E-state index contributed by atoms with van der Waals surface area (Å²) in [5, 5.41) is 9.99. The number of nitrogens with zero attached hydrogens (tertiary/aromatic N) is 2. The summed E-state index contributed by atoms with van der Waals surface area (Å²) >= 11 is 3.87. The molecule has 6 atom stereocenters. The first-order chi connectivity index (χ1) is 18.5. The number of piperidine rings is 1. The molecule has 2 heterocycles. The third-order valence-corrected chi connectivity index (χ3v) is 9.34. The van der Waals surface area contributed by atoms with Crippen molar-refractivity contribution in [2.24, 2.45) is 16.9 Å². The molecule has 194 valence electrons. The van der Waals surface area contributed by atoms with Crippen molar-refractivity contribution in [3.63, 3.8) is 0 Å². The fourth-order valence-corrected chi connectivity index (χ4v) is 7.36. The minimum atomic E-state index is -0.419. The van der Waals surface area contributed by atoms with Gasteiger partial charge in [0.15, 0.2) is 0 Å². The lowest BCUT2D eigenvalue weighted by molar-refractivity contribution is -0.128. The Morgan fingerprint density at radius 1 is 0.921 bits per heavy atom. The second kappa shape index (κ2) is 10.5. The van der Waals surface area contributed by atoms with Gasteiger partial charge in [0.2, 0.25) is 5.91 Å². The molecule has 1 saturated carbocycles. The zero-order chi connectivity index (χ0) is 26.2. The Hall–Kier alpha value is -3.25. The highest BCUT2D eigenvalue weighted by Gasteiger charge is 2.50. The first-order valence-electron chi connectivity index (χ1n) is 13.5. The van der Waals surface area contributed by atoms with Gasteiger partial charge in [0.1, 0.15) is 0 Å². The molecule has 3 aromatic rings. The van der Waals surface area contributed by atoms with Gasteiger partial charge in [0.25, 0.3) is 5.91 Å². The summed E-state index contributed by atoms with van der Waals surface area (Å²) < 4.78 is 0. The minimum absolute atomic E-state index is 0.0130. The zero-order valence-electron chi connectivity index (χ0n) is 21.5. The van der Waals surface area contributed by atoms with Crippen LogP contribution in [0.3, 0.4) is 0 Å². The normalized spacial score (nSPS) is 28.8. The van der Waals surface area contributed by atoms with E-state index in [2.05, 4.69) is 45.5 Å². The van der Waals surface area contributed by atoms with Crippen LogP contribution in [-0.2, 0) is 4.79 Å². The van der Waals surface area contributed by atoms with E-state index >= 15 is 0 Å². The van der Waals surface area contributed by atoms with E-state index in [-0.39, 0.29) is 29.8 Å². The molecule has 3 aliphatic rings. The number of alkyl halides is 1. The fraction of sp³-hybridized carbons (Fsp3) is 0.344. The van der Waals surface area contributed by atoms with E-state index in [9.17, 15) is 9.59 Å². The average molecular weight is 571 g/mol. The summed E-state index contributed by atoms with van der Waals surface area (Å²) in [5.41, 5.74) is 4.55. The van der Waals surface area contributed by atoms with Gasteiger partial charge in [-0.2, -0.15) is 5.10 Å². The van der Waals surface area contributed by atoms with Crippen LogP contribution in [0.5, 0.6) is 0 Å². The molecule has 1 aliphatic carbocycles. The number of carbonyl (C=O) groups excluding carboxylic acids is 2. The molecule has 5 nitrogen and oxygen atoms in total. The molecular weight excluding hydrogens is 538 g/mol. The zero-order valence-corrected chi connectivity index (χ0v) is 23.1. The van der Waals surface area contributed by atoms with Gasteiger partial charge in [-0.3, -0.25) is 9.59 Å². The van der Waals surface area contributed by atoms with E-state index in [1.54, 1.807) is 5.01 Å². The van der Waals surface area contributed by atoms with E-state index in [0.29, 0.717) is 22.7 Å². The highest BCUT2D eigenvalue weighted by Crippen LogP contribution is 2.48. The van der Waals surface area contributed by atoms with Crippen molar-refractivity contribution in [3.05, 3.63) is 107 Å². The Morgan fingerprint density at radius 3 is 2.29 bits per heavy atom. The fourth-order valence-electron chi connectivity index (χ4n) is 6.66. The molecule has 6 unspecified atom stereocenters. The van der Waals surface area contributed by atoms with Gasteiger partial charge < -0.3 is 5.32 Å². The maximum Gasteiger partial charge on any atom is 0.274 e. The van der Waals surface area contributed by atoms with Gasteiger partial charge in [-0.15, -0.1) is 0 Å². The van der Waals surface area contributed by atoms with Gasteiger partial charge >= 0.3 is 0 Å². The standard InChI is InChI=1S/C32H32BrN3O2/c1-20-10-8-9-15-24(20)32(38)36-28(21-11-4-2-5-12-21)19-27(35-36)30-29(22-13-6-3-7-14-22)25-18-23(33)16-17-26(25)34-31(30)37/h2-15,23,25-26,28-30H,16-19H2,1H3,(H,34,37). The lowest BCUT2D eigenvalue weighted by Gasteiger charge is -2.46. The number of rotatable bonds is 4. The number of fused-ring (bicyclic) bond motifs is 1. The third-order valence-electron chi connectivity index (χ3n) is 8.51. The Bertz CT molecular complexity index is 1360. The number of nitrogens with one attached hydrogen (secondary N) is 1. The average Bonchev–Trinajstić information content (AvgIpc) is 3.38. The summed E-state index contributed by atoms with van der Waals surface area (Å²) in [4.78, 5) is 28.2. The highest BCUT2D eigenvalue weighted by atomic mass is 79.9. The maximum atomic E-state index is 13.9. The predicted octanol–water partition coefficient (Wildman–Crippen LogP) is 6.40. The van der Waals surface area contributed by atoms with Crippen molar-refractivity contribution in [2.75, 3.05) is 0 Å². The molecule has 2 fully saturated rings. The molecule has 1 N–H and O–H groups in total. The lowest BCUT2D eigenvalue weighted by atomic mass is 9.64. The van der Waals surface area contributed by atoms with Crippen LogP contribution < -0.4 is 5.32 Å². The van der Waals surface area contributed by atoms with Crippen LogP contribution in [-0.4, -0.2) is 33.4 Å². The Morgan fingerprint density at radius 2 is 1.58 bits per heavy atom. The number of amides is 2. The van der Waals surface area contributed by atoms with Crippen LogP contribution in [0.2, 0.25) is 0 Å². The van der Waals surface area contributed by atoms with E-state index in [1.807, 2.05) is 67.6 Å². The largest absolute Gasteiger partial charge is 0.352 e. The number of carbonyl (C=O) groups is 2. The number of hydrazone groups is 1. The van der Waals surface area contributed by atoms with Crippen LogP contribution in [0.15, 0.2) is 90.0 Å². The number of aryl methyl sites for hydroxylation is 1. The molecule has 6 heteroatoms. The monoisotopic (exact) mass is 569 g/mol. The van der Waals surface area contributed by atoms with Crippen LogP contribution >= 0.6 is 15.9 Å². The summed E-state index contributed by atoms with van der Waals surface area (Å²) in [6, 6.07) is 28.0. The van der Waals surface area contributed by atoms with Crippen molar-refractivity contribution in [1.82, 2.24) is 10.3 Å². The Kier molecular flexibility index (Phi) is 6.91. The van der Waals surface area contributed by atoms with Crippen molar-refractivity contribution >= 4 is 33.5 Å². The molecule has 0 bridgehead atoms. The molecule has 3 aromatic carbocycles. The first kappa shape index (κ1) is 25.1. The number of benzene rings is 3. The van der Waals surface area contributed by atoms with Gasteiger partial charge in [-0.1, -0.05) is 94.8 Å². The topological polar surface area (TPSA) is 61.8 Å². The van der Waals surface area contributed by atoms with E-state index in [1.165, 1.54) is 5.56 Å². The van der Waals surface area contributed by atoms with E-state index in [0.717, 1.165) is 36.1 Å². The number of hydrogen-bond acceptors (Lipinski definition) is 3. The molecule has 0 aromatic heterocycles. The second-order valence-corrected chi connectivity index (χ2v) is 12.1. The SMILES string of the molecule is Cc1ccccc1C(=O)N1N=C(C2C(=O)NC3CCC(Br)CC3C2c2ccccc2)CC1c1ccccc1. The van der Waals surface area contributed by atoms with Crippen LogP contribution in [0.25, 0.3) is 0 Å². The summed E-state index contributed by atoms with van der Waals surface area (Å²) in [5.74, 6) is -0.201. The third kappa shape index (κ3) is 4.60. The summed E-state index contributed by atoms with van der Waals surface area (Å²) in [6.07, 6.45) is 3.57. The Labute approximate surface area is 232 Å². The van der Waals surface area contributed by atoms with Crippen LogP contribution in [0.1, 0.15) is 64.7 Å². The van der Waals surface area contributed by atoms with Crippen molar-refractivity contribution in [2.45, 2.75) is 55.4 Å². The highest BCUT2D eigenvalue weighted by molar-refractivity contribution is 9.09. The van der Waals surface area contributed by atoms with Gasteiger partial charge in [0.05, 0.1) is 17.7 Å². The summed E-state index contributed by atoms with van der Waals surface area (Å²) in [7, 11) is 0. The smallest absolute Gasteiger partial charge is 0.274 e. The van der Waals surface area contributed by atoms with Gasteiger partial charge in [-0.25, -0.2) is 5.01 Å². The lowest BCUT2D eigenvalue weighted by Crippen LogP contribution is -2.57. The van der Waals surface area contributed by atoms with Crippen molar-refractivity contribution in [1.29, 1.82) is 0 Å². The van der Waals surface area contributed by atoms with Crippen molar-refractivity contribution in [3.8, 4) is 0 Å². The molecule has 0 radical (unpaired) electrons. The van der Waals surface area contributed by atoms with E-state index < -0.39 is 5.92 Å². The molecule has 2 aliphatic heterocycles. The number of halogens is 1. The molecular formula is C32H32BrN3O2. The van der Waals surface area contributed by atoms with Gasteiger partial charge in [-0.05, 0) is 54.9 Å². The van der Waals surface area contributed by atoms with Gasteiger partial charge in [0, 0.05) is 28.8 Å². The van der Waals surface area contributed by atoms with Crippen LogP contribution in [0.4, 0.5) is 0 Å². The minimum Gasteiger partial charge on any atom is -0.352 e. The Balaban J connectivity index is 1.43. The van der Waals surface area contributed by atoms with Crippen molar-refractivity contribution < 1.29 is 9.59 Å². The molecule has 38 heavy (non-hydrogen) atoms. The molecule has 0 spiro atoms. The maximum absolute atomic E-state index is 13.9. The second-order valence-electron chi connectivity index (χ2n) is 10.8. The number of hydrogen-bond donors (Lipinski definition) is 1. The molecule has 1 saturated heterocycles. The quantitative estimate of drug-likeness (QED) is 0.369. The summed E-state index contributed by atoms with van der Waals surface area (Å²) in [6.45, 7) is 1.95. The van der Waals surface area contributed by atoms with Crippen LogP contribution in [0, 0.1) is 18.8 Å². The predicted molar refractivity (Wildman–Crippen MR) is 153 cm³/mol. The first-order valence-corrected chi connectivity index (χ1v) is 14.4. The van der Waals surface area contributed by atoms with E-state index in [4.69, 9.17) is 5.10 Å². The molecule has 6 rings (SSSR count). The molecule has 2 amide bonds.